The number of carbonyl (C=O) groups is 1. The number of thiazole rings is 1. The van der Waals surface area contributed by atoms with Gasteiger partial charge in [-0.15, -0.1) is 11.3 Å². The molecule has 2 aromatic heterocycles. The van der Waals surface area contributed by atoms with Gasteiger partial charge < -0.3 is 5.32 Å². The largest absolute Gasteiger partial charge is 0.317 e. The van der Waals surface area contributed by atoms with Crippen molar-refractivity contribution < 1.29 is 4.79 Å². The minimum absolute atomic E-state index is 0.256. The van der Waals surface area contributed by atoms with Crippen LogP contribution in [-0.2, 0) is 0 Å². The molecule has 0 aliphatic carbocycles. The Bertz CT molecular complexity index is 545. The number of rotatable bonds is 3. The number of piperidine rings is 1. The van der Waals surface area contributed by atoms with Crippen molar-refractivity contribution in [2.45, 2.75) is 18.8 Å². The van der Waals surface area contributed by atoms with Crippen molar-refractivity contribution in [2.24, 2.45) is 0 Å². The Balaban J connectivity index is 1.68. The summed E-state index contributed by atoms with van der Waals surface area (Å²) in [6, 6.07) is 0. The molecule has 19 heavy (non-hydrogen) atoms. The highest BCUT2D eigenvalue weighted by atomic mass is 32.1. The minimum atomic E-state index is -0.256. The lowest BCUT2D eigenvalue weighted by atomic mass is 9.99. The first-order valence-electron chi connectivity index (χ1n) is 6.16. The highest BCUT2D eigenvalue weighted by Crippen LogP contribution is 2.27. The Kier molecular flexibility index (Phi) is 3.51. The van der Waals surface area contributed by atoms with Gasteiger partial charge in [0.2, 0.25) is 5.95 Å². The third-order valence-electron chi connectivity index (χ3n) is 3.09. The Morgan fingerprint density at radius 3 is 3.00 bits per heavy atom. The van der Waals surface area contributed by atoms with Gasteiger partial charge >= 0.3 is 0 Å². The first-order chi connectivity index (χ1) is 9.33. The third kappa shape index (κ3) is 2.79. The number of nitrogens with one attached hydrogen (secondary N) is 3. The average Bonchev–Trinajstić information content (AvgIpc) is 3.10. The van der Waals surface area contributed by atoms with Crippen molar-refractivity contribution in [2.75, 3.05) is 18.4 Å². The second-order valence-electron chi connectivity index (χ2n) is 4.38. The summed E-state index contributed by atoms with van der Waals surface area (Å²) in [4.78, 5) is 20.2. The van der Waals surface area contributed by atoms with Gasteiger partial charge in [-0.2, -0.15) is 10.1 Å². The van der Waals surface area contributed by atoms with Gasteiger partial charge in [0.25, 0.3) is 5.91 Å². The molecule has 1 aliphatic heterocycles. The molecular weight excluding hydrogens is 264 g/mol. The van der Waals surface area contributed by atoms with Crippen molar-refractivity contribution in [1.82, 2.24) is 25.5 Å². The lowest BCUT2D eigenvalue weighted by Crippen LogP contribution is -2.26. The maximum Gasteiger partial charge on any atom is 0.277 e. The minimum Gasteiger partial charge on any atom is -0.317 e. The fraction of sp³-hybridized carbons (Fsp3) is 0.455. The van der Waals surface area contributed by atoms with Crippen molar-refractivity contribution in [3.05, 3.63) is 22.4 Å². The molecule has 3 rings (SSSR count). The van der Waals surface area contributed by atoms with Crippen LogP contribution in [0.4, 0.5) is 5.95 Å². The van der Waals surface area contributed by atoms with E-state index in [9.17, 15) is 4.79 Å². The quantitative estimate of drug-likeness (QED) is 0.778. The maximum absolute atomic E-state index is 11.9. The molecular formula is C11H14N6OS. The molecule has 7 nitrogen and oxygen atoms in total. The van der Waals surface area contributed by atoms with E-state index in [2.05, 4.69) is 30.8 Å². The zero-order valence-electron chi connectivity index (χ0n) is 10.2. The standard InChI is InChI=1S/C11H14N6OS/c18-9(16-11-13-6-14-17-11)8-5-19-10(15-8)7-1-3-12-4-2-7/h5-7,12H,1-4H2,(H2,13,14,16,17,18). The summed E-state index contributed by atoms with van der Waals surface area (Å²) < 4.78 is 0. The van der Waals surface area contributed by atoms with E-state index in [1.54, 1.807) is 16.7 Å². The van der Waals surface area contributed by atoms with Crippen LogP contribution in [0.15, 0.2) is 11.7 Å². The number of H-pyrrole nitrogens is 1. The lowest BCUT2D eigenvalue weighted by Gasteiger charge is -2.20. The van der Waals surface area contributed by atoms with E-state index in [-0.39, 0.29) is 5.91 Å². The molecule has 0 bridgehead atoms. The Morgan fingerprint density at radius 1 is 1.42 bits per heavy atom. The van der Waals surface area contributed by atoms with E-state index in [1.165, 1.54) is 6.33 Å². The Hall–Kier alpha value is -1.80. The van der Waals surface area contributed by atoms with Crippen LogP contribution >= 0.6 is 11.3 Å². The van der Waals surface area contributed by atoms with Gasteiger partial charge in [0.15, 0.2) is 0 Å². The van der Waals surface area contributed by atoms with Gasteiger partial charge in [-0.25, -0.2) is 10.1 Å². The molecule has 0 aromatic carbocycles. The summed E-state index contributed by atoms with van der Waals surface area (Å²) >= 11 is 1.55. The predicted molar refractivity (Wildman–Crippen MR) is 71.3 cm³/mol. The normalized spacial score (nSPS) is 16.4. The van der Waals surface area contributed by atoms with E-state index < -0.39 is 0 Å². The second-order valence-corrected chi connectivity index (χ2v) is 5.27. The topological polar surface area (TPSA) is 95.6 Å². The molecule has 0 spiro atoms. The third-order valence-corrected chi connectivity index (χ3v) is 4.10. The van der Waals surface area contributed by atoms with Gasteiger partial charge in [0.1, 0.15) is 12.0 Å². The molecule has 0 saturated carbocycles. The molecule has 0 unspecified atom stereocenters. The predicted octanol–water partition coefficient (Wildman–Crippen LogP) is 0.981. The SMILES string of the molecule is O=C(Nc1ncn[nH]1)c1csc(C2CCNCC2)n1. The summed E-state index contributed by atoms with van der Waals surface area (Å²) in [6.07, 6.45) is 3.50. The first-order valence-corrected chi connectivity index (χ1v) is 7.04. The number of amides is 1. The molecule has 100 valence electrons. The lowest BCUT2D eigenvalue weighted by molar-refractivity contribution is 0.102. The first kappa shape index (κ1) is 12.2. The molecule has 0 atom stereocenters. The summed E-state index contributed by atoms with van der Waals surface area (Å²) in [5.74, 6) is 0.549. The number of nitrogens with zero attached hydrogens (tertiary/aromatic N) is 3. The highest BCUT2D eigenvalue weighted by molar-refractivity contribution is 7.09. The average molecular weight is 278 g/mol. The van der Waals surface area contributed by atoms with Crippen LogP contribution < -0.4 is 10.6 Å². The van der Waals surface area contributed by atoms with Crippen LogP contribution in [0.25, 0.3) is 0 Å². The van der Waals surface area contributed by atoms with Crippen LogP contribution in [0, 0.1) is 0 Å². The molecule has 8 heteroatoms. The maximum atomic E-state index is 11.9. The smallest absolute Gasteiger partial charge is 0.277 e. The molecule has 1 amide bonds. The van der Waals surface area contributed by atoms with E-state index in [0.29, 0.717) is 17.6 Å². The Morgan fingerprint density at radius 2 is 2.26 bits per heavy atom. The van der Waals surface area contributed by atoms with Gasteiger partial charge in [0.05, 0.1) is 5.01 Å². The molecule has 3 heterocycles. The number of aromatic amines is 1. The van der Waals surface area contributed by atoms with Gasteiger partial charge in [-0.3, -0.25) is 10.1 Å². The molecule has 1 aliphatic rings. The van der Waals surface area contributed by atoms with E-state index in [1.807, 2.05) is 0 Å². The zero-order chi connectivity index (χ0) is 13.1. The summed E-state index contributed by atoms with van der Waals surface area (Å²) in [5.41, 5.74) is 0.440. The van der Waals surface area contributed by atoms with Crippen LogP contribution in [0.3, 0.4) is 0 Å². The molecule has 3 N–H and O–H groups in total. The molecule has 2 aromatic rings. The zero-order valence-corrected chi connectivity index (χ0v) is 11.0. The fourth-order valence-corrected chi connectivity index (χ4v) is 3.06. The second kappa shape index (κ2) is 5.45. The van der Waals surface area contributed by atoms with Gasteiger partial charge in [-0.1, -0.05) is 0 Å². The highest BCUT2D eigenvalue weighted by Gasteiger charge is 2.20. The molecule has 0 radical (unpaired) electrons. The van der Waals surface area contributed by atoms with E-state index in [0.717, 1.165) is 30.9 Å². The summed E-state index contributed by atoms with van der Waals surface area (Å²) in [7, 11) is 0. The molecule has 1 saturated heterocycles. The fourth-order valence-electron chi connectivity index (χ4n) is 2.09. The summed E-state index contributed by atoms with van der Waals surface area (Å²) in [5, 5.41) is 15.0. The van der Waals surface area contributed by atoms with Crippen LogP contribution in [0.2, 0.25) is 0 Å². The van der Waals surface area contributed by atoms with Gasteiger partial charge in [0, 0.05) is 11.3 Å². The van der Waals surface area contributed by atoms with Crippen LogP contribution in [-0.4, -0.2) is 39.2 Å². The van der Waals surface area contributed by atoms with E-state index >= 15 is 0 Å². The number of hydrogen-bond donors (Lipinski definition) is 3. The number of hydrogen-bond acceptors (Lipinski definition) is 6. The van der Waals surface area contributed by atoms with Crippen molar-refractivity contribution in [3.63, 3.8) is 0 Å². The van der Waals surface area contributed by atoms with E-state index in [4.69, 9.17) is 0 Å². The number of carbonyl (C=O) groups excluding carboxylic acids is 1. The van der Waals surface area contributed by atoms with Gasteiger partial charge in [-0.05, 0) is 25.9 Å². The van der Waals surface area contributed by atoms with Crippen LogP contribution in [0.5, 0.6) is 0 Å². The van der Waals surface area contributed by atoms with Crippen molar-refractivity contribution >= 4 is 23.2 Å². The van der Waals surface area contributed by atoms with Crippen molar-refractivity contribution in [3.8, 4) is 0 Å². The number of aromatic nitrogens is 4. The monoisotopic (exact) mass is 278 g/mol. The number of anilines is 1. The molecule has 1 fully saturated rings. The van der Waals surface area contributed by atoms with Crippen LogP contribution in [0.1, 0.15) is 34.3 Å². The summed E-state index contributed by atoms with van der Waals surface area (Å²) in [6.45, 7) is 2.04. The van der Waals surface area contributed by atoms with Crippen molar-refractivity contribution in [1.29, 1.82) is 0 Å². The Labute approximate surface area is 113 Å².